The molecule has 0 saturated carbocycles. The second-order valence-electron chi connectivity index (χ2n) is 3.48. The van der Waals surface area contributed by atoms with E-state index in [2.05, 4.69) is 28.1 Å². The van der Waals surface area contributed by atoms with Crippen molar-refractivity contribution < 1.29 is 4.74 Å². The average Bonchev–Trinajstić information content (AvgIpc) is 2.23. The molecule has 1 atom stereocenters. The van der Waals surface area contributed by atoms with Gasteiger partial charge in [0.1, 0.15) is 11.9 Å². The minimum absolute atomic E-state index is 0.362. The van der Waals surface area contributed by atoms with E-state index in [0.717, 1.165) is 29.5 Å². The van der Waals surface area contributed by atoms with E-state index in [-0.39, 0.29) is 0 Å². The predicted octanol–water partition coefficient (Wildman–Crippen LogP) is 3.94. The molecule has 0 bridgehead atoms. The Kier molecular flexibility index (Phi) is 3.25. The molecule has 0 radical (unpaired) electrons. The first-order valence-corrected chi connectivity index (χ1v) is 5.71. The van der Waals surface area contributed by atoms with E-state index in [4.69, 9.17) is 4.74 Å². The minimum Gasteiger partial charge on any atom is -0.490 e. The van der Waals surface area contributed by atoms with Gasteiger partial charge < -0.3 is 4.74 Å². The minimum atomic E-state index is 0.362. The summed E-state index contributed by atoms with van der Waals surface area (Å²) >= 11 is 3.40. The number of ether oxygens (including phenoxy) is 1. The Bertz CT molecular complexity index is 316. The van der Waals surface area contributed by atoms with Crippen LogP contribution in [0, 0.1) is 0 Å². The van der Waals surface area contributed by atoms with Gasteiger partial charge in [0.25, 0.3) is 0 Å². The summed E-state index contributed by atoms with van der Waals surface area (Å²) in [7, 11) is 0. The highest BCUT2D eigenvalue weighted by molar-refractivity contribution is 9.10. The molecule has 1 aliphatic rings. The van der Waals surface area contributed by atoms with Crippen LogP contribution < -0.4 is 4.74 Å². The summed E-state index contributed by atoms with van der Waals surface area (Å²) in [4.78, 5) is 0. The van der Waals surface area contributed by atoms with Crippen molar-refractivity contribution in [2.24, 2.45) is 0 Å². The molecule has 1 aromatic rings. The number of benzene rings is 1. The molecular weight excluding hydrogens is 240 g/mol. The van der Waals surface area contributed by atoms with Gasteiger partial charge in [-0.3, -0.25) is 0 Å². The number of halogens is 1. The van der Waals surface area contributed by atoms with Crippen LogP contribution in [0.2, 0.25) is 0 Å². The van der Waals surface area contributed by atoms with Crippen LogP contribution in [0.5, 0.6) is 5.75 Å². The molecule has 74 valence electrons. The quantitative estimate of drug-likeness (QED) is 0.725. The van der Waals surface area contributed by atoms with Crippen LogP contribution in [0.3, 0.4) is 0 Å². The van der Waals surface area contributed by atoms with Gasteiger partial charge in [-0.15, -0.1) is 0 Å². The molecule has 0 N–H and O–H groups in total. The number of hydrogen-bond donors (Lipinski definition) is 0. The summed E-state index contributed by atoms with van der Waals surface area (Å²) in [5.41, 5.74) is 0. The SMILES string of the molecule is Brc1ccc(OC2CC=CCC2)cc1. The topological polar surface area (TPSA) is 9.23 Å². The first kappa shape index (κ1) is 9.78. The van der Waals surface area contributed by atoms with Crippen molar-refractivity contribution in [3.63, 3.8) is 0 Å². The zero-order chi connectivity index (χ0) is 9.80. The number of allylic oxidation sites excluding steroid dienone is 1. The van der Waals surface area contributed by atoms with Gasteiger partial charge in [0.05, 0.1) is 0 Å². The van der Waals surface area contributed by atoms with Crippen LogP contribution in [0.15, 0.2) is 40.9 Å². The maximum atomic E-state index is 5.84. The normalized spacial score (nSPS) is 20.8. The second-order valence-corrected chi connectivity index (χ2v) is 4.39. The molecule has 0 aliphatic heterocycles. The highest BCUT2D eigenvalue weighted by atomic mass is 79.9. The number of rotatable bonds is 2. The van der Waals surface area contributed by atoms with Crippen molar-refractivity contribution in [1.82, 2.24) is 0 Å². The van der Waals surface area contributed by atoms with Crippen molar-refractivity contribution in [2.45, 2.75) is 25.4 Å². The summed E-state index contributed by atoms with van der Waals surface area (Å²) in [6, 6.07) is 8.02. The van der Waals surface area contributed by atoms with E-state index >= 15 is 0 Å². The molecule has 0 fully saturated rings. The van der Waals surface area contributed by atoms with Crippen LogP contribution in [-0.4, -0.2) is 6.10 Å². The summed E-state index contributed by atoms with van der Waals surface area (Å²) < 4.78 is 6.93. The summed E-state index contributed by atoms with van der Waals surface area (Å²) in [5, 5.41) is 0. The van der Waals surface area contributed by atoms with Crippen molar-refractivity contribution in [2.75, 3.05) is 0 Å². The molecule has 0 heterocycles. The first-order chi connectivity index (χ1) is 6.84. The molecule has 1 aromatic carbocycles. The molecule has 1 nitrogen and oxygen atoms in total. The standard InChI is InChI=1S/C12H13BrO/c13-10-6-8-12(9-7-10)14-11-4-2-1-3-5-11/h1-2,6-9,11H,3-5H2. The fraction of sp³-hybridized carbons (Fsp3) is 0.333. The van der Waals surface area contributed by atoms with E-state index in [1.165, 1.54) is 0 Å². The van der Waals surface area contributed by atoms with Crippen molar-refractivity contribution in [1.29, 1.82) is 0 Å². The highest BCUT2D eigenvalue weighted by Crippen LogP contribution is 2.21. The Labute approximate surface area is 92.9 Å². The maximum Gasteiger partial charge on any atom is 0.119 e. The largest absolute Gasteiger partial charge is 0.490 e. The summed E-state index contributed by atoms with van der Waals surface area (Å²) in [6.45, 7) is 0. The summed E-state index contributed by atoms with van der Waals surface area (Å²) in [5.74, 6) is 0.966. The van der Waals surface area contributed by atoms with Crippen LogP contribution in [0.25, 0.3) is 0 Å². The highest BCUT2D eigenvalue weighted by Gasteiger charge is 2.10. The third-order valence-corrected chi connectivity index (χ3v) is 2.87. The zero-order valence-electron chi connectivity index (χ0n) is 7.95. The average molecular weight is 253 g/mol. The van der Waals surface area contributed by atoms with Gasteiger partial charge in [0.2, 0.25) is 0 Å². The van der Waals surface area contributed by atoms with Crippen LogP contribution in [0.1, 0.15) is 19.3 Å². The molecule has 0 amide bonds. The second kappa shape index (κ2) is 4.65. The fourth-order valence-electron chi connectivity index (χ4n) is 1.58. The Morgan fingerprint density at radius 2 is 1.93 bits per heavy atom. The Hall–Kier alpha value is -0.760. The van der Waals surface area contributed by atoms with Crippen LogP contribution in [-0.2, 0) is 0 Å². The molecular formula is C12H13BrO. The lowest BCUT2D eigenvalue weighted by molar-refractivity contribution is 0.191. The molecule has 2 heteroatoms. The summed E-state index contributed by atoms with van der Waals surface area (Å²) in [6.07, 6.45) is 8.10. The van der Waals surface area contributed by atoms with E-state index in [1.54, 1.807) is 0 Å². The molecule has 0 saturated heterocycles. The molecule has 2 rings (SSSR count). The molecule has 1 unspecified atom stereocenters. The number of hydrogen-bond acceptors (Lipinski definition) is 1. The Morgan fingerprint density at radius 3 is 2.57 bits per heavy atom. The van der Waals surface area contributed by atoms with Gasteiger partial charge in [-0.25, -0.2) is 0 Å². The van der Waals surface area contributed by atoms with Gasteiger partial charge >= 0.3 is 0 Å². The van der Waals surface area contributed by atoms with Gasteiger partial charge in [-0.05, 0) is 37.1 Å². The third-order valence-electron chi connectivity index (χ3n) is 2.34. The van der Waals surface area contributed by atoms with Gasteiger partial charge in [0.15, 0.2) is 0 Å². The maximum absolute atomic E-state index is 5.84. The lowest BCUT2D eigenvalue weighted by Gasteiger charge is -2.19. The Morgan fingerprint density at radius 1 is 1.14 bits per heavy atom. The monoisotopic (exact) mass is 252 g/mol. The lowest BCUT2D eigenvalue weighted by atomic mass is 10.0. The lowest BCUT2D eigenvalue weighted by Crippen LogP contribution is -2.17. The molecule has 1 aliphatic carbocycles. The van der Waals surface area contributed by atoms with Crippen molar-refractivity contribution >= 4 is 15.9 Å². The van der Waals surface area contributed by atoms with Crippen LogP contribution >= 0.6 is 15.9 Å². The van der Waals surface area contributed by atoms with Crippen molar-refractivity contribution in [3.8, 4) is 5.75 Å². The zero-order valence-corrected chi connectivity index (χ0v) is 9.53. The van der Waals surface area contributed by atoms with Gasteiger partial charge in [0, 0.05) is 10.9 Å². The van der Waals surface area contributed by atoms with Crippen LogP contribution in [0.4, 0.5) is 0 Å². The smallest absolute Gasteiger partial charge is 0.119 e. The molecule has 0 spiro atoms. The molecule has 0 aromatic heterocycles. The van der Waals surface area contributed by atoms with Crippen molar-refractivity contribution in [3.05, 3.63) is 40.9 Å². The van der Waals surface area contributed by atoms with Gasteiger partial charge in [-0.1, -0.05) is 28.1 Å². The van der Waals surface area contributed by atoms with E-state index in [9.17, 15) is 0 Å². The molecule has 14 heavy (non-hydrogen) atoms. The first-order valence-electron chi connectivity index (χ1n) is 4.92. The third kappa shape index (κ3) is 2.61. The van der Waals surface area contributed by atoms with E-state index < -0.39 is 0 Å². The predicted molar refractivity (Wildman–Crippen MR) is 61.5 cm³/mol. The van der Waals surface area contributed by atoms with E-state index in [0.29, 0.717) is 6.10 Å². The van der Waals surface area contributed by atoms with E-state index in [1.807, 2.05) is 24.3 Å². The fourth-order valence-corrected chi connectivity index (χ4v) is 1.84. The Balaban J connectivity index is 1.96. The van der Waals surface area contributed by atoms with Gasteiger partial charge in [-0.2, -0.15) is 0 Å².